The Morgan fingerprint density at radius 3 is 2.21 bits per heavy atom. The Balaban J connectivity index is 1.58. The van der Waals surface area contributed by atoms with Crippen molar-refractivity contribution in [2.45, 2.75) is 56.6 Å². The predicted octanol–water partition coefficient (Wildman–Crippen LogP) is 4.79. The van der Waals surface area contributed by atoms with Gasteiger partial charge in [0.15, 0.2) is 21.4 Å². The number of likely N-dealkylation sites (tertiary alicyclic amines) is 1. The summed E-state index contributed by atoms with van der Waals surface area (Å²) in [5.74, 6) is -0.0456. The molecule has 0 aliphatic carbocycles. The van der Waals surface area contributed by atoms with Crippen LogP contribution in [0.3, 0.4) is 0 Å². The van der Waals surface area contributed by atoms with Gasteiger partial charge in [0.1, 0.15) is 6.61 Å². The molecule has 0 radical (unpaired) electrons. The van der Waals surface area contributed by atoms with Gasteiger partial charge >= 0.3 is 0 Å². The molecule has 0 amide bonds. The molecule has 0 unspecified atom stereocenters. The van der Waals surface area contributed by atoms with Gasteiger partial charge in [-0.05, 0) is 81.9 Å². The lowest BCUT2D eigenvalue weighted by Gasteiger charge is -2.41. The largest absolute Gasteiger partial charge is 0.486 e. The Labute approximate surface area is 173 Å². The molecule has 4 nitrogen and oxygen atoms in total. The molecule has 29 heavy (non-hydrogen) atoms. The maximum Gasteiger partial charge on any atom is 0.175 e. The van der Waals surface area contributed by atoms with Crippen LogP contribution in [-0.2, 0) is 16.4 Å². The maximum absolute atomic E-state index is 14.1. The van der Waals surface area contributed by atoms with Crippen LogP contribution in [0.4, 0.5) is 4.39 Å². The molecule has 158 valence electrons. The lowest BCUT2D eigenvalue weighted by Crippen LogP contribution is -2.45. The standard InChI is InChI=1S/C23H30FNO3S/c1-23(2,3)25-13-11-19(12-14-25)18-7-5-17(6-8-18)16-28-22-10-9-20(15-21(22)24)29(4,26)27/h5-10,15,19H,11-14,16H2,1-4H3. The van der Waals surface area contributed by atoms with E-state index in [4.69, 9.17) is 4.74 Å². The molecule has 1 saturated heterocycles. The van der Waals surface area contributed by atoms with Crippen LogP contribution in [0.15, 0.2) is 47.4 Å². The minimum absolute atomic E-state index is 0.0517. The topological polar surface area (TPSA) is 46.6 Å². The third-order valence-corrected chi connectivity index (χ3v) is 6.73. The van der Waals surface area contributed by atoms with E-state index in [-0.39, 0.29) is 22.8 Å². The van der Waals surface area contributed by atoms with Crippen LogP contribution in [0, 0.1) is 5.82 Å². The maximum atomic E-state index is 14.1. The molecule has 2 aromatic carbocycles. The van der Waals surface area contributed by atoms with Crippen LogP contribution >= 0.6 is 0 Å². The number of piperidine rings is 1. The van der Waals surface area contributed by atoms with Crippen LogP contribution in [-0.4, -0.2) is 38.2 Å². The van der Waals surface area contributed by atoms with Gasteiger partial charge in [-0.1, -0.05) is 24.3 Å². The summed E-state index contributed by atoms with van der Waals surface area (Å²) in [4.78, 5) is 2.49. The second-order valence-corrected chi connectivity index (χ2v) is 10.8. The third-order valence-electron chi connectivity index (χ3n) is 5.62. The molecule has 3 rings (SSSR count). The molecular weight excluding hydrogens is 389 g/mol. The van der Waals surface area contributed by atoms with Crippen molar-refractivity contribution in [1.82, 2.24) is 4.90 Å². The van der Waals surface area contributed by atoms with E-state index in [2.05, 4.69) is 37.8 Å². The fourth-order valence-corrected chi connectivity index (χ4v) is 4.39. The predicted molar refractivity (Wildman–Crippen MR) is 114 cm³/mol. The highest BCUT2D eigenvalue weighted by molar-refractivity contribution is 7.90. The van der Waals surface area contributed by atoms with Crippen LogP contribution in [0.5, 0.6) is 5.75 Å². The second kappa shape index (κ2) is 8.44. The molecule has 0 atom stereocenters. The van der Waals surface area contributed by atoms with Gasteiger partial charge in [-0.3, -0.25) is 4.90 Å². The zero-order chi connectivity index (χ0) is 21.2. The summed E-state index contributed by atoms with van der Waals surface area (Å²) in [5, 5.41) is 0. The Morgan fingerprint density at radius 1 is 1.07 bits per heavy atom. The van der Waals surface area contributed by atoms with Gasteiger partial charge in [0.05, 0.1) is 4.90 Å². The van der Waals surface area contributed by atoms with Gasteiger partial charge in [-0.25, -0.2) is 12.8 Å². The third kappa shape index (κ3) is 5.58. The van der Waals surface area contributed by atoms with E-state index >= 15 is 0 Å². The van der Waals surface area contributed by atoms with Crippen LogP contribution in [0.25, 0.3) is 0 Å². The quantitative estimate of drug-likeness (QED) is 0.699. The highest BCUT2D eigenvalue weighted by Gasteiger charge is 2.27. The number of hydrogen-bond donors (Lipinski definition) is 0. The van der Waals surface area contributed by atoms with Gasteiger partial charge in [0.2, 0.25) is 0 Å². The number of benzene rings is 2. The molecule has 1 fully saturated rings. The molecule has 0 bridgehead atoms. The summed E-state index contributed by atoms with van der Waals surface area (Å²) >= 11 is 0. The van der Waals surface area contributed by atoms with Gasteiger partial charge in [-0.2, -0.15) is 0 Å². The lowest BCUT2D eigenvalue weighted by atomic mass is 9.87. The fourth-order valence-electron chi connectivity index (χ4n) is 3.76. The van der Waals surface area contributed by atoms with E-state index in [1.165, 1.54) is 17.7 Å². The molecule has 1 aliphatic rings. The fraction of sp³-hybridized carbons (Fsp3) is 0.478. The molecule has 0 spiro atoms. The van der Waals surface area contributed by atoms with Crippen molar-refractivity contribution >= 4 is 9.84 Å². The molecular formula is C23H30FNO3S. The second-order valence-electron chi connectivity index (χ2n) is 8.83. The van der Waals surface area contributed by atoms with Gasteiger partial charge < -0.3 is 4.74 Å². The first-order valence-electron chi connectivity index (χ1n) is 10.0. The highest BCUT2D eigenvalue weighted by atomic mass is 32.2. The van der Waals surface area contributed by atoms with E-state index in [9.17, 15) is 12.8 Å². The van der Waals surface area contributed by atoms with E-state index in [0.29, 0.717) is 5.92 Å². The SMILES string of the molecule is CC(C)(C)N1CCC(c2ccc(COc3ccc(S(C)(=O)=O)cc3F)cc2)CC1. The van der Waals surface area contributed by atoms with Crippen molar-refractivity contribution in [2.24, 2.45) is 0 Å². The van der Waals surface area contributed by atoms with Gasteiger partial charge in [0.25, 0.3) is 0 Å². The average molecular weight is 420 g/mol. The normalized spacial score (nSPS) is 16.7. The molecule has 1 heterocycles. The Hall–Kier alpha value is -1.92. The van der Waals surface area contributed by atoms with Crippen molar-refractivity contribution in [2.75, 3.05) is 19.3 Å². The summed E-state index contributed by atoms with van der Waals surface area (Å²) in [7, 11) is -3.44. The van der Waals surface area contributed by atoms with Crippen LogP contribution in [0.1, 0.15) is 50.7 Å². The van der Waals surface area contributed by atoms with Crippen LogP contribution < -0.4 is 4.74 Å². The average Bonchev–Trinajstić information content (AvgIpc) is 2.66. The first-order valence-corrected chi connectivity index (χ1v) is 11.9. The number of hydrogen-bond acceptors (Lipinski definition) is 4. The smallest absolute Gasteiger partial charge is 0.175 e. The number of sulfone groups is 1. The van der Waals surface area contributed by atoms with Crippen molar-refractivity contribution in [3.63, 3.8) is 0 Å². The van der Waals surface area contributed by atoms with Gasteiger partial charge in [0, 0.05) is 11.8 Å². The molecule has 0 aromatic heterocycles. The van der Waals surface area contributed by atoms with E-state index in [1.54, 1.807) is 0 Å². The molecule has 2 aromatic rings. The summed E-state index contributed by atoms with van der Waals surface area (Å²) in [5.41, 5.74) is 2.51. The number of nitrogens with zero attached hydrogens (tertiary/aromatic N) is 1. The lowest BCUT2D eigenvalue weighted by molar-refractivity contribution is 0.102. The van der Waals surface area contributed by atoms with Crippen molar-refractivity contribution in [1.29, 1.82) is 0 Å². The summed E-state index contributed by atoms with van der Waals surface area (Å²) < 4.78 is 42.7. The minimum Gasteiger partial charge on any atom is -0.486 e. The Kier molecular flexibility index (Phi) is 6.34. The molecule has 0 saturated carbocycles. The Morgan fingerprint density at radius 2 is 1.69 bits per heavy atom. The first-order chi connectivity index (χ1) is 13.5. The number of ether oxygens (including phenoxy) is 1. The summed E-state index contributed by atoms with van der Waals surface area (Å²) in [6, 6.07) is 12.0. The summed E-state index contributed by atoms with van der Waals surface area (Å²) in [6.45, 7) is 9.25. The zero-order valence-electron chi connectivity index (χ0n) is 17.6. The number of halogens is 1. The van der Waals surface area contributed by atoms with E-state index in [0.717, 1.165) is 43.8 Å². The number of rotatable bonds is 5. The van der Waals surface area contributed by atoms with Crippen LogP contribution in [0.2, 0.25) is 0 Å². The Bertz CT molecular complexity index is 941. The molecule has 1 aliphatic heterocycles. The van der Waals surface area contributed by atoms with Crippen molar-refractivity contribution < 1.29 is 17.5 Å². The van der Waals surface area contributed by atoms with Gasteiger partial charge in [-0.15, -0.1) is 0 Å². The zero-order valence-corrected chi connectivity index (χ0v) is 18.4. The monoisotopic (exact) mass is 419 g/mol. The summed E-state index contributed by atoms with van der Waals surface area (Å²) in [6.07, 6.45) is 3.37. The molecule has 0 N–H and O–H groups in total. The minimum atomic E-state index is -3.44. The first kappa shape index (κ1) is 21.8. The van der Waals surface area contributed by atoms with Crippen molar-refractivity contribution in [3.05, 3.63) is 59.4 Å². The van der Waals surface area contributed by atoms with Crippen molar-refractivity contribution in [3.8, 4) is 5.75 Å². The highest BCUT2D eigenvalue weighted by Crippen LogP contribution is 2.31. The molecule has 6 heteroatoms. The van der Waals surface area contributed by atoms with E-state index < -0.39 is 15.7 Å². The van der Waals surface area contributed by atoms with E-state index in [1.807, 2.05) is 12.1 Å².